The van der Waals surface area contributed by atoms with E-state index in [2.05, 4.69) is 28.4 Å². The van der Waals surface area contributed by atoms with Gasteiger partial charge in [-0.2, -0.15) is 0 Å². The number of aromatic nitrogens is 5. The molecule has 0 aliphatic carbocycles. The van der Waals surface area contributed by atoms with Crippen molar-refractivity contribution >= 4 is 28.5 Å². The van der Waals surface area contributed by atoms with Crippen LogP contribution in [0.25, 0.3) is 16.7 Å². The van der Waals surface area contributed by atoms with Crippen LogP contribution in [0.15, 0.2) is 30.6 Å². The topological polar surface area (TPSA) is 97.9 Å². The van der Waals surface area contributed by atoms with Gasteiger partial charge in [0, 0.05) is 31.9 Å². The maximum atomic E-state index is 12.8. The number of hydrogen-bond donors (Lipinski definition) is 0. The minimum absolute atomic E-state index is 0.0191. The van der Waals surface area contributed by atoms with Crippen LogP contribution >= 0.6 is 0 Å². The summed E-state index contributed by atoms with van der Waals surface area (Å²) < 4.78 is 9.32. The van der Waals surface area contributed by atoms with Crippen LogP contribution in [0.5, 0.6) is 0 Å². The molecule has 1 saturated heterocycles. The molecule has 0 saturated carbocycles. The zero-order valence-electron chi connectivity index (χ0n) is 19.2. The Labute approximate surface area is 195 Å². The predicted molar refractivity (Wildman–Crippen MR) is 124 cm³/mol. The second kappa shape index (κ2) is 8.00. The average molecular weight is 460 g/mol. The van der Waals surface area contributed by atoms with Gasteiger partial charge >= 0.3 is 0 Å². The summed E-state index contributed by atoms with van der Waals surface area (Å²) in [6.45, 7) is 9.39. The highest BCUT2D eigenvalue weighted by Crippen LogP contribution is 2.28. The summed E-state index contributed by atoms with van der Waals surface area (Å²) in [7, 11) is 0. The van der Waals surface area contributed by atoms with E-state index in [-0.39, 0.29) is 18.4 Å². The molecule has 0 atom stereocenters. The molecule has 34 heavy (non-hydrogen) atoms. The molecule has 2 aliphatic heterocycles. The minimum Gasteiger partial charge on any atom is -0.379 e. The third kappa shape index (κ3) is 3.21. The van der Waals surface area contributed by atoms with Gasteiger partial charge < -0.3 is 9.30 Å². The first-order valence-corrected chi connectivity index (χ1v) is 11.5. The summed E-state index contributed by atoms with van der Waals surface area (Å²) in [5.74, 6) is -0.227. The molecule has 10 heteroatoms. The molecule has 174 valence electrons. The van der Waals surface area contributed by atoms with E-state index in [1.165, 1.54) is 4.90 Å². The van der Waals surface area contributed by atoms with Gasteiger partial charge in [0.1, 0.15) is 12.0 Å². The molecule has 3 aromatic heterocycles. The lowest BCUT2D eigenvalue weighted by atomic mass is 10.1. The minimum atomic E-state index is -0.316. The largest absolute Gasteiger partial charge is 0.379 e. The first kappa shape index (κ1) is 20.9. The van der Waals surface area contributed by atoms with Crippen molar-refractivity contribution in [1.82, 2.24) is 33.9 Å². The first-order valence-electron chi connectivity index (χ1n) is 11.5. The van der Waals surface area contributed by atoms with Crippen LogP contribution in [0.3, 0.4) is 0 Å². The van der Waals surface area contributed by atoms with Gasteiger partial charge in [-0.1, -0.05) is 12.1 Å². The van der Waals surface area contributed by atoms with Gasteiger partial charge in [-0.25, -0.2) is 14.5 Å². The van der Waals surface area contributed by atoms with Crippen molar-refractivity contribution < 1.29 is 14.3 Å². The lowest BCUT2D eigenvalue weighted by Crippen LogP contribution is -2.38. The predicted octanol–water partition coefficient (Wildman–Crippen LogP) is 1.82. The second-order valence-electron chi connectivity index (χ2n) is 8.80. The number of hydrogen-bond acceptors (Lipinski definition) is 7. The van der Waals surface area contributed by atoms with E-state index in [4.69, 9.17) is 14.7 Å². The number of amides is 2. The number of carbonyl (C=O) groups excluding carboxylic acids is 2. The maximum absolute atomic E-state index is 12.8. The summed E-state index contributed by atoms with van der Waals surface area (Å²) in [6, 6.07) is 6.86. The number of morpholine rings is 1. The number of fused-ring (bicyclic) bond motifs is 4. The van der Waals surface area contributed by atoms with Gasteiger partial charge in [0.05, 0.1) is 36.3 Å². The lowest BCUT2D eigenvalue weighted by molar-refractivity contribution is 0.0364. The zero-order chi connectivity index (χ0) is 23.4. The molecular formula is C24H25N7O3. The number of ether oxygens (including phenoxy) is 1. The number of carbonyl (C=O) groups is 2. The maximum Gasteiger partial charge on any atom is 0.261 e. The van der Waals surface area contributed by atoms with Crippen LogP contribution in [0, 0.1) is 13.8 Å². The Balaban J connectivity index is 1.32. The Hall–Kier alpha value is -3.63. The van der Waals surface area contributed by atoms with Crippen molar-refractivity contribution in [1.29, 1.82) is 0 Å². The van der Waals surface area contributed by atoms with E-state index in [1.54, 1.807) is 35.1 Å². The first-order chi connectivity index (χ1) is 16.5. The molecule has 0 radical (unpaired) electrons. The number of aryl methyl sites for hydroxylation is 1. The van der Waals surface area contributed by atoms with E-state index >= 15 is 0 Å². The molecule has 1 fully saturated rings. The standard InChI is InChI=1S/C24H25N7O3/c1-15-16(2)29(8-7-28-9-11-34-12-10-28)21-20(15)22-26-19(27-31(22)14-25-21)13-30-23(32)17-5-3-4-6-18(17)24(30)33/h3-6,14H,7-13H2,1-2H3. The Kier molecular flexibility index (Phi) is 4.93. The number of benzene rings is 1. The molecule has 1 aromatic carbocycles. The highest BCUT2D eigenvalue weighted by Gasteiger charge is 2.36. The van der Waals surface area contributed by atoms with Gasteiger partial charge in [0.15, 0.2) is 11.5 Å². The monoisotopic (exact) mass is 459 g/mol. The van der Waals surface area contributed by atoms with E-state index in [0.717, 1.165) is 61.7 Å². The van der Waals surface area contributed by atoms with Crippen molar-refractivity contribution in [2.24, 2.45) is 0 Å². The SMILES string of the molecule is Cc1c(C)n(CCN2CCOCC2)c2ncn3nc(CN4C(=O)c5ccccc5C4=O)nc3c12. The van der Waals surface area contributed by atoms with Crippen LogP contribution < -0.4 is 0 Å². The highest BCUT2D eigenvalue weighted by atomic mass is 16.5. The van der Waals surface area contributed by atoms with Gasteiger partial charge in [0.25, 0.3) is 11.8 Å². The Morgan fingerprint density at radius 2 is 1.68 bits per heavy atom. The number of nitrogens with zero attached hydrogens (tertiary/aromatic N) is 7. The molecular weight excluding hydrogens is 434 g/mol. The molecule has 0 spiro atoms. The molecule has 10 nitrogen and oxygen atoms in total. The van der Waals surface area contributed by atoms with E-state index < -0.39 is 0 Å². The lowest BCUT2D eigenvalue weighted by Gasteiger charge is -2.26. The van der Waals surface area contributed by atoms with Crippen LogP contribution in [0.4, 0.5) is 0 Å². The van der Waals surface area contributed by atoms with Gasteiger partial charge in [-0.05, 0) is 31.5 Å². The fourth-order valence-corrected chi connectivity index (χ4v) is 4.91. The van der Waals surface area contributed by atoms with Crippen molar-refractivity contribution in [3.8, 4) is 0 Å². The molecule has 0 N–H and O–H groups in total. The van der Waals surface area contributed by atoms with Crippen LogP contribution in [-0.4, -0.2) is 78.6 Å². The van der Waals surface area contributed by atoms with Crippen LogP contribution in [0.2, 0.25) is 0 Å². The summed E-state index contributed by atoms with van der Waals surface area (Å²) in [5, 5.41) is 5.47. The van der Waals surface area contributed by atoms with Crippen LogP contribution in [0.1, 0.15) is 37.8 Å². The van der Waals surface area contributed by atoms with E-state index in [0.29, 0.717) is 22.6 Å². The summed E-state index contributed by atoms with van der Waals surface area (Å²) in [5.41, 5.74) is 4.65. The molecule has 4 aromatic rings. The zero-order valence-corrected chi connectivity index (χ0v) is 19.2. The average Bonchev–Trinajstić information content (AvgIpc) is 3.46. The van der Waals surface area contributed by atoms with Gasteiger partial charge in [-0.15, -0.1) is 5.10 Å². The molecule has 6 rings (SSSR count). The normalized spacial score (nSPS) is 16.8. The van der Waals surface area contributed by atoms with Crippen molar-refractivity contribution in [3.63, 3.8) is 0 Å². The fraction of sp³-hybridized carbons (Fsp3) is 0.375. The Morgan fingerprint density at radius 3 is 2.38 bits per heavy atom. The Bertz CT molecular complexity index is 1410. The third-order valence-corrected chi connectivity index (χ3v) is 6.91. The highest BCUT2D eigenvalue weighted by molar-refractivity contribution is 6.21. The van der Waals surface area contributed by atoms with Crippen LogP contribution in [-0.2, 0) is 17.8 Å². The van der Waals surface area contributed by atoms with Gasteiger partial charge in [-0.3, -0.25) is 19.4 Å². The second-order valence-corrected chi connectivity index (χ2v) is 8.80. The molecule has 0 bridgehead atoms. The third-order valence-electron chi connectivity index (χ3n) is 6.91. The Morgan fingerprint density at radius 1 is 0.971 bits per heavy atom. The summed E-state index contributed by atoms with van der Waals surface area (Å²) >= 11 is 0. The summed E-state index contributed by atoms with van der Waals surface area (Å²) in [6.07, 6.45) is 1.65. The van der Waals surface area contributed by atoms with E-state index in [9.17, 15) is 9.59 Å². The van der Waals surface area contributed by atoms with Crippen molar-refractivity contribution in [2.45, 2.75) is 26.9 Å². The quantitative estimate of drug-likeness (QED) is 0.420. The number of rotatable bonds is 5. The number of imide groups is 1. The molecule has 2 amide bonds. The van der Waals surface area contributed by atoms with E-state index in [1.807, 2.05) is 0 Å². The molecule has 2 aliphatic rings. The molecule has 5 heterocycles. The smallest absolute Gasteiger partial charge is 0.261 e. The van der Waals surface area contributed by atoms with Crippen molar-refractivity contribution in [3.05, 3.63) is 58.8 Å². The van der Waals surface area contributed by atoms with Crippen molar-refractivity contribution in [2.75, 3.05) is 32.8 Å². The molecule has 0 unspecified atom stereocenters. The van der Waals surface area contributed by atoms with Gasteiger partial charge in [0.2, 0.25) is 0 Å². The summed E-state index contributed by atoms with van der Waals surface area (Å²) in [4.78, 5) is 38.5. The fourth-order valence-electron chi connectivity index (χ4n) is 4.91.